The lowest BCUT2D eigenvalue weighted by molar-refractivity contribution is 0.0472. The Morgan fingerprint density at radius 1 is 1.00 bits per heavy atom. The van der Waals surface area contributed by atoms with E-state index in [1.807, 2.05) is 0 Å². The van der Waals surface area contributed by atoms with Gasteiger partial charge in [-0.05, 0) is 30.3 Å². The summed E-state index contributed by atoms with van der Waals surface area (Å²) in [6.45, 7) is -0.541. The van der Waals surface area contributed by atoms with Crippen LogP contribution in [0.15, 0.2) is 36.4 Å². The van der Waals surface area contributed by atoms with Crippen molar-refractivity contribution in [3.63, 3.8) is 0 Å². The van der Waals surface area contributed by atoms with Crippen LogP contribution in [0.25, 0.3) is 0 Å². The van der Waals surface area contributed by atoms with Crippen molar-refractivity contribution in [1.29, 1.82) is 0 Å². The van der Waals surface area contributed by atoms with Crippen molar-refractivity contribution in [2.75, 3.05) is 6.61 Å². The molecule has 0 spiro atoms. The molecule has 0 aliphatic carbocycles. The number of hydrogen-bond acceptors (Lipinski definition) is 5. The first-order chi connectivity index (χ1) is 10.4. The molecule has 7 heteroatoms. The predicted octanol–water partition coefficient (Wildman–Crippen LogP) is 3.44. The third-order valence-electron chi connectivity index (χ3n) is 2.77. The zero-order valence-corrected chi connectivity index (χ0v) is 12.6. The number of hydrogen-bond donors (Lipinski definition) is 2. The van der Waals surface area contributed by atoms with Crippen molar-refractivity contribution in [3.8, 4) is 11.5 Å². The van der Waals surface area contributed by atoms with E-state index >= 15 is 0 Å². The van der Waals surface area contributed by atoms with Crippen molar-refractivity contribution in [3.05, 3.63) is 57.6 Å². The van der Waals surface area contributed by atoms with E-state index in [0.717, 1.165) is 6.07 Å². The Labute approximate surface area is 135 Å². The maximum absolute atomic E-state index is 11.9. The van der Waals surface area contributed by atoms with Crippen LogP contribution in [0.5, 0.6) is 11.5 Å². The number of halogens is 2. The van der Waals surface area contributed by atoms with Crippen LogP contribution in [-0.2, 0) is 4.74 Å². The van der Waals surface area contributed by atoms with Gasteiger partial charge in [0.2, 0.25) is 5.78 Å². The standard InChI is InChI=1S/C15H10Cl2O5/c16-8-1-3-10(12(17)5-8)14(20)7-22-15(21)11-4-2-9(18)6-13(11)19/h1-6,18-19H,7H2. The highest BCUT2D eigenvalue weighted by atomic mass is 35.5. The molecule has 2 aromatic carbocycles. The summed E-state index contributed by atoms with van der Waals surface area (Å²) in [5.41, 5.74) is 0.0154. The molecule has 0 aliphatic heterocycles. The minimum atomic E-state index is -0.893. The summed E-state index contributed by atoms with van der Waals surface area (Å²) in [6, 6.07) is 7.73. The van der Waals surface area contributed by atoms with Crippen molar-refractivity contribution >= 4 is 35.0 Å². The van der Waals surface area contributed by atoms with Crippen LogP contribution in [-0.4, -0.2) is 28.6 Å². The number of phenols is 2. The van der Waals surface area contributed by atoms with Crippen LogP contribution in [0, 0.1) is 0 Å². The molecule has 0 aromatic heterocycles. The van der Waals surface area contributed by atoms with Crippen molar-refractivity contribution < 1.29 is 24.5 Å². The lowest BCUT2D eigenvalue weighted by Gasteiger charge is -2.07. The number of carbonyl (C=O) groups excluding carboxylic acids is 2. The average molecular weight is 341 g/mol. The zero-order valence-electron chi connectivity index (χ0n) is 11.0. The monoisotopic (exact) mass is 340 g/mol. The lowest BCUT2D eigenvalue weighted by atomic mass is 10.1. The second-order valence-corrected chi connectivity index (χ2v) is 5.17. The molecule has 0 radical (unpaired) electrons. The first-order valence-electron chi connectivity index (χ1n) is 6.06. The number of aromatic hydroxyl groups is 2. The molecule has 2 N–H and O–H groups in total. The SMILES string of the molecule is O=C(OCC(=O)c1ccc(Cl)cc1Cl)c1ccc(O)cc1O. The number of ether oxygens (including phenoxy) is 1. The van der Waals surface area contributed by atoms with E-state index in [4.69, 9.17) is 33.0 Å². The van der Waals surface area contributed by atoms with Gasteiger partial charge in [-0.3, -0.25) is 4.79 Å². The molecule has 5 nitrogen and oxygen atoms in total. The molecule has 114 valence electrons. The number of carbonyl (C=O) groups is 2. The Morgan fingerprint density at radius 2 is 1.68 bits per heavy atom. The maximum Gasteiger partial charge on any atom is 0.342 e. The third kappa shape index (κ3) is 3.69. The molecule has 22 heavy (non-hydrogen) atoms. The number of rotatable bonds is 4. The Morgan fingerprint density at radius 3 is 2.32 bits per heavy atom. The Hall–Kier alpha value is -2.24. The predicted molar refractivity (Wildman–Crippen MR) is 80.8 cm³/mol. The smallest absolute Gasteiger partial charge is 0.342 e. The van der Waals surface area contributed by atoms with Gasteiger partial charge in [0, 0.05) is 16.7 Å². The van der Waals surface area contributed by atoms with Gasteiger partial charge in [0.05, 0.1) is 5.02 Å². The van der Waals surface area contributed by atoms with Crippen LogP contribution in [0.3, 0.4) is 0 Å². The molecule has 0 heterocycles. The fourth-order valence-electron chi connectivity index (χ4n) is 1.69. The van der Waals surface area contributed by atoms with Crippen LogP contribution in [0.4, 0.5) is 0 Å². The van der Waals surface area contributed by atoms with Gasteiger partial charge < -0.3 is 14.9 Å². The third-order valence-corrected chi connectivity index (χ3v) is 3.31. The van der Waals surface area contributed by atoms with Crippen LogP contribution in [0.1, 0.15) is 20.7 Å². The van der Waals surface area contributed by atoms with Gasteiger partial charge in [-0.2, -0.15) is 0 Å². The molecule has 0 aliphatic rings. The van der Waals surface area contributed by atoms with Gasteiger partial charge >= 0.3 is 5.97 Å². The lowest BCUT2D eigenvalue weighted by Crippen LogP contribution is -2.14. The highest BCUT2D eigenvalue weighted by molar-refractivity contribution is 6.36. The van der Waals surface area contributed by atoms with E-state index in [1.54, 1.807) is 0 Å². The highest BCUT2D eigenvalue weighted by Gasteiger charge is 2.17. The van der Waals surface area contributed by atoms with E-state index < -0.39 is 24.1 Å². The summed E-state index contributed by atoms with van der Waals surface area (Å²) in [6.07, 6.45) is 0. The first kappa shape index (κ1) is 16.1. The summed E-state index contributed by atoms with van der Waals surface area (Å²) in [7, 11) is 0. The molecule has 0 bridgehead atoms. The number of Topliss-reactive ketones (excluding diaryl/α,β-unsaturated/α-hetero) is 1. The summed E-state index contributed by atoms with van der Waals surface area (Å²) < 4.78 is 4.83. The Bertz CT molecular complexity index is 679. The van der Waals surface area contributed by atoms with Gasteiger partial charge in [0.15, 0.2) is 6.61 Å². The van der Waals surface area contributed by atoms with Crippen LogP contribution in [0.2, 0.25) is 10.0 Å². The summed E-state index contributed by atoms with van der Waals surface area (Å²) in [5, 5.41) is 19.2. The first-order valence-corrected chi connectivity index (χ1v) is 6.81. The maximum atomic E-state index is 11.9. The summed E-state index contributed by atoms with van der Waals surface area (Å²) in [4.78, 5) is 23.7. The van der Waals surface area contributed by atoms with E-state index in [-0.39, 0.29) is 21.9 Å². The highest BCUT2D eigenvalue weighted by Crippen LogP contribution is 2.24. The largest absolute Gasteiger partial charge is 0.508 e. The number of ketones is 1. The van der Waals surface area contributed by atoms with Gasteiger partial charge in [0.25, 0.3) is 0 Å². The topological polar surface area (TPSA) is 83.8 Å². The van der Waals surface area contributed by atoms with Crippen molar-refractivity contribution in [1.82, 2.24) is 0 Å². The molecule has 0 fully saturated rings. The molecular formula is C15H10Cl2O5. The van der Waals surface area contributed by atoms with E-state index in [9.17, 15) is 14.7 Å². The van der Waals surface area contributed by atoms with E-state index in [1.165, 1.54) is 30.3 Å². The normalized spacial score (nSPS) is 10.3. The number of benzene rings is 2. The van der Waals surface area contributed by atoms with Gasteiger partial charge in [-0.1, -0.05) is 23.2 Å². The number of phenolic OH excluding ortho intramolecular Hbond substituents is 2. The van der Waals surface area contributed by atoms with Crippen LogP contribution >= 0.6 is 23.2 Å². The van der Waals surface area contributed by atoms with Crippen LogP contribution < -0.4 is 0 Å². The summed E-state index contributed by atoms with van der Waals surface area (Å²) in [5.74, 6) is -2.04. The minimum absolute atomic E-state index is 0.154. The molecule has 0 atom stereocenters. The van der Waals surface area contributed by atoms with Gasteiger partial charge in [0.1, 0.15) is 17.1 Å². The molecular weight excluding hydrogens is 331 g/mol. The van der Waals surface area contributed by atoms with Gasteiger partial charge in [-0.25, -0.2) is 4.79 Å². The fourth-order valence-corrected chi connectivity index (χ4v) is 2.21. The quantitative estimate of drug-likeness (QED) is 0.657. The molecule has 0 unspecified atom stereocenters. The Kier molecular flexibility index (Phi) is 4.90. The van der Waals surface area contributed by atoms with Gasteiger partial charge in [-0.15, -0.1) is 0 Å². The van der Waals surface area contributed by atoms with E-state index in [2.05, 4.69) is 0 Å². The minimum Gasteiger partial charge on any atom is -0.508 e. The second kappa shape index (κ2) is 6.68. The molecule has 0 amide bonds. The van der Waals surface area contributed by atoms with E-state index in [0.29, 0.717) is 5.02 Å². The Balaban J connectivity index is 2.06. The second-order valence-electron chi connectivity index (χ2n) is 4.32. The molecule has 0 saturated heterocycles. The molecule has 0 saturated carbocycles. The fraction of sp³-hybridized carbons (Fsp3) is 0.0667. The zero-order chi connectivity index (χ0) is 16.3. The average Bonchev–Trinajstić information content (AvgIpc) is 2.44. The molecule has 2 rings (SSSR count). The summed E-state index contributed by atoms with van der Waals surface area (Å²) >= 11 is 11.6. The van der Waals surface area contributed by atoms with Crippen molar-refractivity contribution in [2.24, 2.45) is 0 Å². The molecule has 2 aromatic rings. The van der Waals surface area contributed by atoms with Crippen molar-refractivity contribution in [2.45, 2.75) is 0 Å². The number of esters is 1.